The Bertz CT molecular complexity index is 1670. The van der Waals surface area contributed by atoms with Gasteiger partial charge in [0.25, 0.3) is 0 Å². The van der Waals surface area contributed by atoms with Crippen LogP contribution in [0.25, 0.3) is 28.0 Å². The molecular formula is C35H31O4P. The minimum Gasteiger partial charge on any atom is -0.493 e. The maximum Gasteiger partial charge on any atom is 0.330 e. The summed E-state index contributed by atoms with van der Waals surface area (Å²) in [6, 6.07) is 37.2. The van der Waals surface area contributed by atoms with Crippen molar-refractivity contribution in [1.82, 2.24) is 0 Å². The second-order valence-corrected chi connectivity index (χ2v) is 11.9. The lowest BCUT2D eigenvalue weighted by Crippen LogP contribution is -2.26. The van der Waals surface area contributed by atoms with Crippen molar-refractivity contribution in [3.05, 3.63) is 127 Å². The van der Waals surface area contributed by atoms with Gasteiger partial charge in [0.05, 0.1) is 13.2 Å². The maximum absolute atomic E-state index is 15.7. The van der Waals surface area contributed by atoms with Crippen LogP contribution in [-0.2, 0) is 14.1 Å². The second-order valence-electron chi connectivity index (χ2n) is 9.20. The molecule has 40 heavy (non-hydrogen) atoms. The van der Waals surface area contributed by atoms with Crippen LogP contribution in [0.1, 0.15) is 19.4 Å². The molecule has 0 aliphatic heterocycles. The lowest BCUT2D eigenvalue weighted by atomic mass is 9.93. The van der Waals surface area contributed by atoms with E-state index in [1.165, 1.54) is 6.08 Å². The van der Waals surface area contributed by atoms with Gasteiger partial charge >= 0.3 is 5.97 Å². The summed E-state index contributed by atoms with van der Waals surface area (Å²) in [6.45, 7) is 4.46. The van der Waals surface area contributed by atoms with E-state index in [4.69, 9.17) is 9.47 Å². The van der Waals surface area contributed by atoms with E-state index >= 15 is 4.57 Å². The van der Waals surface area contributed by atoms with Gasteiger partial charge in [-0.3, -0.25) is 0 Å². The molecule has 0 bridgehead atoms. The second kappa shape index (κ2) is 12.2. The zero-order valence-electron chi connectivity index (χ0n) is 22.6. The van der Waals surface area contributed by atoms with E-state index in [1.54, 1.807) is 13.0 Å². The standard InChI is InChI=1S/C35H31O4P/c1-3-38-31-21-13-15-27(23-25-33(36)39-4-2)34(31)35-30-20-12-11-14-26(30)22-24-32(35)40(37,28-16-7-5-8-17-28)29-18-9-6-10-19-29/h5-25H,3-4H2,1-2H3/b25-23+. The summed E-state index contributed by atoms with van der Waals surface area (Å²) >= 11 is 0. The topological polar surface area (TPSA) is 52.6 Å². The molecule has 0 fully saturated rings. The predicted octanol–water partition coefficient (Wildman–Crippen LogP) is 7.12. The summed E-state index contributed by atoms with van der Waals surface area (Å²) in [4.78, 5) is 12.3. The van der Waals surface area contributed by atoms with Crippen LogP contribution in [0.2, 0.25) is 0 Å². The molecule has 0 N–H and O–H groups in total. The molecule has 5 heteroatoms. The smallest absolute Gasteiger partial charge is 0.330 e. The number of hydrogen-bond donors (Lipinski definition) is 0. The van der Waals surface area contributed by atoms with Crippen LogP contribution < -0.4 is 20.7 Å². The maximum atomic E-state index is 15.7. The molecular weight excluding hydrogens is 515 g/mol. The number of hydrogen-bond acceptors (Lipinski definition) is 4. The van der Waals surface area contributed by atoms with Gasteiger partial charge in [-0.25, -0.2) is 4.79 Å². The third-order valence-electron chi connectivity index (χ3n) is 6.78. The van der Waals surface area contributed by atoms with Crippen molar-refractivity contribution in [1.29, 1.82) is 0 Å². The first-order valence-corrected chi connectivity index (χ1v) is 15.1. The van der Waals surface area contributed by atoms with E-state index in [1.807, 2.05) is 110 Å². The molecule has 0 spiro atoms. The predicted molar refractivity (Wildman–Crippen MR) is 166 cm³/mol. The monoisotopic (exact) mass is 546 g/mol. The van der Waals surface area contributed by atoms with Crippen LogP contribution in [-0.4, -0.2) is 19.2 Å². The number of benzene rings is 5. The Morgan fingerprint density at radius 3 is 2.00 bits per heavy atom. The van der Waals surface area contributed by atoms with E-state index in [2.05, 4.69) is 12.1 Å². The molecule has 0 heterocycles. The highest BCUT2D eigenvalue weighted by Gasteiger charge is 2.34. The van der Waals surface area contributed by atoms with Crippen molar-refractivity contribution in [2.45, 2.75) is 13.8 Å². The van der Waals surface area contributed by atoms with Crippen molar-refractivity contribution in [3.63, 3.8) is 0 Å². The highest BCUT2D eigenvalue weighted by atomic mass is 31.2. The first kappa shape index (κ1) is 27.2. The first-order valence-electron chi connectivity index (χ1n) is 13.4. The summed E-state index contributed by atoms with van der Waals surface area (Å²) in [5, 5.41) is 4.16. The van der Waals surface area contributed by atoms with Crippen LogP contribution in [0, 0.1) is 0 Å². The van der Waals surface area contributed by atoms with Gasteiger partial charge in [-0.2, -0.15) is 0 Å². The van der Waals surface area contributed by atoms with Crippen molar-refractivity contribution >= 4 is 45.9 Å². The molecule has 0 aliphatic rings. The molecule has 5 aromatic carbocycles. The van der Waals surface area contributed by atoms with Gasteiger partial charge in [-0.05, 0) is 48.4 Å². The number of carbonyl (C=O) groups excluding carboxylic acids is 1. The van der Waals surface area contributed by atoms with E-state index < -0.39 is 13.1 Å². The Morgan fingerprint density at radius 1 is 0.700 bits per heavy atom. The molecule has 0 amide bonds. The van der Waals surface area contributed by atoms with Gasteiger partial charge in [-0.15, -0.1) is 0 Å². The first-order chi connectivity index (χ1) is 19.6. The Balaban J connectivity index is 1.91. The van der Waals surface area contributed by atoms with Crippen LogP contribution in [0.3, 0.4) is 0 Å². The number of esters is 1. The van der Waals surface area contributed by atoms with Crippen LogP contribution in [0.15, 0.2) is 121 Å². The fourth-order valence-electron chi connectivity index (χ4n) is 5.07. The average molecular weight is 547 g/mol. The SMILES string of the molecule is CCOC(=O)/C=C/c1cccc(OCC)c1-c1c(P(=O)(c2ccccc2)c2ccccc2)ccc2ccccc12. The van der Waals surface area contributed by atoms with E-state index in [-0.39, 0.29) is 0 Å². The molecule has 0 radical (unpaired) electrons. The lowest BCUT2D eigenvalue weighted by Gasteiger charge is -2.26. The van der Waals surface area contributed by atoms with E-state index in [9.17, 15) is 4.79 Å². The van der Waals surface area contributed by atoms with Crippen LogP contribution in [0.4, 0.5) is 0 Å². The largest absolute Gasteiger partial charge is 0.493 e. The average Bonchev–Trinajstić information content (AvgIpc) is 3.00. The van der Waals surface area contributed by atoms with Gasteiger partial charge in [0.2, 0.25) is 0 Å². The summed E-state index contributed by atoms with van der Waals surface area (Å²) in [7, 11) is -3.36. The summed E-state index contributed by atoms with van der Waals surface area (Å²) < 4.78 is 27.0. The van der Waals surface area contributed by atoms with Gasteiger partial charge in [-0.1, -0.05) is 103 Å². The van der Waals surface area contributed by atoms with Crippen molar-refractivity contribution in [3.8, 4) is 16.9 Å². The molecule has 0 saturated heterocycles. The minimum atomic E-state index is -3.36. The third kappa shape index (κ3) is 5.23. The van der Waals surface area contributed by atoms with Gasteiger partial charge in [0.15, 0.2) is 7.14 Å². The van der Waals surface area contributed by atoms with Gasteiger partial charge < -0.3 is 14.0 Å². The number of fused-ring (bicyclic) bond motifs is 1. The van der Waals surface area contributed by atoms with Crippen molar-refractivity contribution in [2.75, 3.05) is 13.2 Å². The Kier molecular flexibility index (Phi) is 8.28. The normalized spacial score (nSPS) is 11.6. The summed E-state index contributed by atoms with van der Waals surface area (Å²) in [6.07, 6.45) is 3.17. The molecule has 0 unspecified atom stereocenters. The molecule has 200 valence electrons. The van der Waals surface area contributed by atoms with Crippen molar-refractivity contribution < 1.29 is 18.8 Å². The molecule has 0 saturated carbocycles. The van der Waals surface area contributed by atoms with Crippen molar-refractivity contribution in [2.24, 2.45) is 0 Å². The fourth-order valence-corrected chi connectivity index (χ4v) is 7.94. The quantitative estimate of drug-likeness (QED) is 0.112. The molecule has 5 rings (SSSR count). The molecule has 5 aromatic rings. The molecule has 0 aromatic heterocycles. The van der Waals surface area contributed by atoms with Gasteiger partial charge in [0, 0.05) is 33.1 Å². The highest BCUT2D eigenvalue weighted by molar-refractivity contribution is 7.85. The zero-order chi connectivity index (χ0) is 28.0. The minimum absolute atomic E-state index is 0.291. The Hall–Kier alpha value is -4.40. The number of carbonyl (C=O) groups is 1. The molecule has 0 atom stereocenters. The van der Waals surface area contributed by atoms with Gasteiger partial charge in [0.1, 0.15) is 5.75 Å². The number of rotatable bonds is 9. The lowest BCUT2D eigenvalue weighted by molar-refractivity contribution is -0.137. The highest BCUT2D eigenvalue weighted by Crippen LogP contribution is 2.49. The summed E-state index contributed by atoms with van der Waals surface area (Å²) in [5.41, 5.74) is 2.37. The Labute approximate surface area is 235 Å². The van der Waals surface area contributed by atoms with E-state index in [0.29, 0.717) is 24.3 Å². The zero-order valence-corrected chi connectivity index (χ0v) is 23.5. The summed E-state index contributed by atoms with van der Waals surface area (Å²) in [5.74, 6) is 0.228. The fraction of sp³-hybridized carbons (Fsp3) is 0.114. The van der Waals surface area contributed by atoms with Crippen LogP contribution >= 0.6 is 7.14 Å². The number of ether oxygens (including phenoxy) is 2. The van der Waals surface area contributed by atoms with Crippen LogP contribution in [0.5, 0.6) is 5.75 Å². The van der Waals surface area contributed by atoms with E-state index in [0.717, 1.165) is 38.1 Å². The Morgan fingerprint density at radius 2 is 1.35 bits per heavy atom. The molecule has 4 nitrogen and oxygen atoms in total. The molecule has 0 aliphatic carbocycles. The third-order valence-corrected chi connectivity index (χ3v) is 9.88.